The van der Waals surface area contributed by atoms with Crippen LogP contribution in [0.15, 0.2) is 217 Å². The zero-order valence-electron chi connectivity index (χ0n) is 38.7. The van der Waals surface area contributed by atoms with Crippen molar-refractivity contribution in [3.05, 3.63) is 245 Å². The molecule has 338 valence electrons. The van der Waals surface area contributed by atoms with E-state index in [0.29, 0.717) is 6.42 Å². The minimum atomic E-state index is -1.03. The van der Waals surface area contributed by atoms with E-state index < -0.39 is 11.6 Å². The van der Waals surface area contributed by atoms with Crippen molar-refractivity contribution < 1.29 is 8.78 Å². The number of rotatable bonds is 6. The fraction of sp³-hybridized carbons (Fsp3) is 0.125. The van der Waals surface area contributed by atoms with Crippen molar-refractivity contribution in [1.29, 1.82) is 0 Å². The van der Waals surface area contributed by atoms with Gasteiger partial charge < -0.3 is 9.80 Å². The smallest absolute Gasteiger partial charge is 0.123 e. The maximum Gasteiger partial charge on any atom is 0.123 e. The van der Waals surface area contributed by atoms with Crippen molar-refractivity contribution in [3.63, 3.8) is 0 Å². The number of anilines is 5. The molecule has 0 aliphatic heterocycles. The highest BCUT2D eigenvalue weighted by molar-refractivity contribution is 7.26. The monoisotopic (exact) mass is 944 g/mol. The summed E-state index contributed by atoms with van der Waals surface area (Å²) >= 11 is 3.60. The standard InChI is InChI=1S/C64H46F2N2S2/c1-63(2)53-17-5-7-19-55(53)64(56-20-8-6-18-54(56)63)51-35-33-43(67(41-29-25-39(65)26-30-41)57-21-11-15-47-45-13-3-9-23-59(45)69-61(47)57)37-49(51)50-38-44(34-36-52(50)64)68(42-31-27-40(66)28-32-42)58-22-12-16-48-46-14-4-10-24-60(46)70-62(48)58/h3-5,7-17,19-27,29-38,40H,6,18,28H2,1-2H3/t40-,64?/m1/s1. The van der Waals surface area contributed by atoms with Gasteiger partial charge in [-0.1, -0.05) is 135 Å². The molecule has 0 fully saturated rings. The first-order valence-corrected chi connectivity index (χ1v) is 25.9. The fourth-order valence-corrected chi connectivity index (χ4v) is 14.9. The average Bonchev–Trinajstić information content (AvgIpc) is 4.06. The Labute approximate surface area is 414 Å². The van der Waals surface area contributed by atoms with E-state index in [1.807, 2.05) is 18.2 Å². The quantitative estimate of drug-likeness (QED) is 0.164. The van der Waals surface area contributed by atoms with Gasteiger partial charge in [0.2, 0.25) is 0 Å². The minimum absolute atomic E-state index is 0.166. The highest BCUT2D eigenvalue weighted by Crippen LogP contribution is 2.65. The summed E-state index contributed by atoms with van der Waals surface area (Å²) in [5.41, 5.74) is 15.5. The zero-order chi connectivity index (χ0) is 46.9. The van der Waals surface area contributed by atoms with E-state index in [1.165, 1.54) is 73.7 Å². The summed E-state index contributed by atoms with van der Waals surface area (Å²) in [7, 11) is 0. The molecule has 0 saturated carbocycles. The van der Waals surface area contributed by atoms with E-state index in [-0.39, 0.29) is 11.2 Å². The minimum Gasteiger partial charge on any atom is -0.309 e. The van der Waals surface area contributed by atoms with Crippen molar-refractivity contribution in [2.45, 2.75) is 50.1 Å². The van der Waals surface area contributed by atoms with Gasteiger partial charge in [0.1, 0.15) is 12.0 Å². The van der Waals surface area contributed by atoms with Gasteiger partial charge in [-0.05, 0) is 137 Å². The summed E-state index contributed by atoms with van der Waals surface area (Å²) in [6.07, 6.45) is 11.8. The lowest BCUT2D eigenvalue weighted by Crippen LogP contribution is -2.41. The Morgan fingerprint density at radius 2 is 1.10 bits per heavy atom. The van der Waals surface area contributed by atoms with Crippen LogP contribution in [0.4, 0.5) is 37.2 Å². The van der Waals surface area contributed by atoms with Crippen LogP contribution in [-0.2, 0) is 10.8 Å². The van der Waals surface area contributed by atoms with E-state index in [1.54, 1.807) is 40.9 Å². The van der Waals surface area contributed by atoms with Crippen molar-refractivity contribution in [3.8, 4) is 11.1 Å². The Morgan fingerprint density at radius 1 is 0.543 bits per heavy atom. The van der Waals surface area contributed by atoms with Crippen LogP contribution in [0.2, 0.25) is 0 Å². The number of thiophene rings is 2. The molecule has 2 nitrogen and oxygen atoms in total. The highest BCUT2D eigenvalue weighted by Gasteiger charge is 2.54. The molecule has 2 atom stereocenters. The summed E-state index contributed by atoms with van der Waals surface area (Å²) in [6.45, 7) is 4.82. The number of alkyl halides is 1. The van der Waals surface area contributed by atoms with Gasteiger partial charge in [-0.3, -0.25) is 0 Å². The van der Waals surface area contributed by atoms with Crippen LogP contribution in [0.25, 0.3) is 51.5 Å². The number of allylic oxidation sites excluding steroid dienone is 7. The Balaban J connectivity index is 1.06. The Bertz CT molecular complexity index is 3960. The van der Waals surface area contributed by atoms with Gasteiger partial charge in [0.05, 0.1) is 26.2 Å². The topological polar surface area (TPSA) is 6.48 Å². The summed E-state index contributed by atoms with van der Waals surface area (Å²) in [6, 6.07) is 60.6. The molecule has 6 heteroatoms. The lowest BCUT2D eigenvalue weighted by atomic mass is 9.54. The van der Waals surface area contributed by atoms with E-state index in [0.717, 1.165) is 58.1 Å². The van der Waals surface area contributed by atoms with Gasteiger partial charge in [-0.2, -0.15) is 0 Å². The van der Waals surface area contributed by atoms with Crippen LogP contribution in [0, 0.1) is 5.82 Å². The molecule has 0 saturated heterocycles. The van der Waals surface area contributed by atoms with Crippen LogP contribution in [0.3, 0.4) is 0 Å². The normalized spacial score (nSPS) is 18.6. The molecule has 2 heterocycles. The number of hydrogen-bond acceptors (Lipinski definition) is 4. The molecule has 14 rings (SSSR count). The molecular formula is C64H46F2N2S2. The second-order valence-electron chi connectivity index (χ2n) is 19.6. The van der Waals surface area contributed by atoms with Crippen molar-refractivity contribution >= 4 is 91.5 Å². The number of halogens is 2. The second kappa shape index (κ2) is 15.6. The van der Waals surface area contributed by atoms with E-state index in [9.17, 15) is 4.39 Å². The van der Waals surface area contributed by atoms with Gasteiger partial charge in [-0.15, -0.1) is 22.7 Å². The molecule has 10 aromatic rings. The number of fused-ring (bicyclic) bond motifs is 14. The van der Waals surface area contributed by atoms with Crippen molar-refractivity contribution in [2.24, 2.45) is 0 Å². The summed E-state index contributed by atoms with van der Waals surface area (Å²) < 4.78 is 34.7. The second-order valence-corrected chi connectivity index (χ2v) is 21.7. The maximum absolute atomic E-state index is 15.0. The van der Waals surface area contributed by atoms with Crippen molar-refractivity contribution in [2.75, 3.05) is 9.80 Å². The van der Waals surface area contributed by atoms with E-state index in [2.05, 4.69) is 187 Å². The molecule has 0 N–H and O–H groups in total. The van der Waals surface area contributed by atoms with Crippen LogP contribution in [0.5, 0.6) is 0 Å². The molecule has 4 aliphatic carbocycles. The lowest BCUT2D eigenvalue weighted by molar-refractivity contribution is 0.400. The molecule has 70 heavy (non-hydrogen) atoms. The van der Waals surface area contributed by atoms with Gasteiger partial charge in [0.25, 0.3) is 0 Å². The molecule has 0 bridgehead atoms. The molecule has 0 radical (unpaired) electrons. The van der Waals surface area contributed by atoms with Gasteiger partial charge >= 0.3 is 0 Å². The van der Waals surface area contributed by atoms with E-state index in [4.69, 9.17) is 0 Å². The summed E-state index contributed by atoms with van der Waals surface area (Å²) in [5, 5.41) is 4.87. The summed E-state index contributed by atoms with van der Waals surface area (Å²) in [4.78, 5) is 4.67. The average molecular weight is 945 g/mol. The largest absolute Gasteiger partial charge is 0.309 e. The summed E-state index contributed by atoms with van der Waals surface area (Å²) in [5.74, 6) is -0.273. The first-order valence-electron chi connectivity index (χ1n) is 24.3. The molecule has 1 spiro atoms. The number of hydrogen-bond donors (Lipinski definition) is 0. The third-order valence-corrected chi connectivity index (χ3v) is 18.0. The molecule has 4 aliphatic rings. The van der Waals surface area contributed by atoms with E-state index >= 15 is 4.39 Å². The van der Waals surface area contributed by atoms with Gasteiger partial charge in [0, 0.05) is 65.5 Å². The fourth-order valence-electron chi connectivity index (χ4n) is 12.5. The van der Waals surface area contributed by atoms with Crippen LogP contribution < -0.4 is 9.80 Å². The third-order valence-electron chi connectivity index (χ3n) is 15.6. The van der Waals surface area contributed by atoms with Crippen LogP contribution >= 0.6 is 22.7 Å². The number of benzene rings is 8. The first kappa shape index (κ1) is 41.6. The number of nitrogens with zero attached hydrogens (tertiary/aromatic N) is 2. The maximum atomic E-state index is 15.0. The molecular weight excluding hydrogens is 899 g/mol. The third kappa shape index (κ3) is 5.93. The predicted octanol–water partition coefficient (Wildman–Crippen LogP) is 18.6. The van der Waals surface area contributed by atoms with Crippen molar-refractivity contribution in [1.82, 2.24) is 0 Å². The Kier molecular flexibility index (Phi) is 9.24. The molecule has 8 aromatic carbocycles. The first-order chi connectivity index (χ1) is 34.3. The molecule has 0 amide bonds. The Morgan fingerprint density at radius 3 is 1.73 bits per heavy atom. The molecule has 2 aromatic heterocycles. The van der Waals surface area contributed by atoms with Gasteiger partial charge in [-0.25, -0.2) is 8.78 Å². The molecule has 1 unspecified atom stereocenters. The zero-order valence-corrected chi connectivity index (χ0v) is 40.4. The van der Waals surface area contributed by atoms with Crippen LogP contribution in [0.1, 0.15) is 55.4 Å². The van der Waals surface area contributed by atoms with Gasteiger partial charge in [0.15, 0.2) is 0 Å². The Hall–Kier alpha value is -7.38. The predicted molar refractivity (Wildman–Crippen MR) is 292 cm³/mol. The highest BCUT2D eigenvalue weighted by atomic mass is 32.1. The SMILES string of the molecule is CC1(C)C2=C(C=CCC2)C2(c3ccc(N(C4=CC[C@H](F)C=C4)c4cccc5c4sc4ccccc45)cc3-c3cc(N(c4ccc(F)cc4)c4cccc5c4sc4ccccc45)ccc32)c2ccccc21. The van der Waals surface area contributed by atoms with Crippen LogP contribution in [-0.4, -0.2) is 6.17 Å². The lowest BCUT2D eigenvalue weighted by Gasteiger charge is -2.48.